The first kappa shape index (κ1) is 10.4. The summed E-state index contributed by atoms with van der Waals surface area (Å²) in [6.45, 7) is 1.89. The number of rotatable bonds is 2. The Hall–Kier alpha value is -2.16. The second-order valence-corrected chi connectivity index (χ2v) is 3.64. The van der Waals surface area contributed by atoms with Crippen LogP contribution in [-0.4, -0.2) is 10.8 Å². The molecular formula is C13H12N2O. The molecule has 16 heavy (non-hydrogen) atoms. The zero-order chi connectivity index (χ0) is 11.5. The van der Waals surface area contributed by atoms with E-state index in [1.54, 1.807) is 36.5 Å². The molecule has 80 valence electrons. The summed E-state index contributed by atoms with van der Waals surface area (Å²) < 4.78 is 0. The van der Waals surface area contributed by atoms with Gasteiger partial charge in [0.1, 0.15) is 0 Å². The molecule has 0 fully saturated rings. The second kappa shape index (κ2) is 4.14. The summed E-state index contributed by atoms with van der Waals surface area (Å²) in [7, 11) is 0. The molecule has 0 spiro atoms. The van der Waals surface area contributed by atoms with Crippen LogP contribution in [0.5, 0.6) is 0 Å². The van der Waals surface area contributed by atoms with Crippen molar-refractivity contribution in [2.24, 2.45) is 0 Å². The fraction of sp³-hybridized carbons (Fsp3) is 0.0769. The van der Waals surface area contributed by atoms with E-state index in [2.05, 4.69) is 4.98 Å². The molecule has 0 saturated carbocycles. The number of hydrogen-bond acceptors (Lipinski definition) is 3. The molecule has 0 unspecified atom stereocenters. The minimum atomic E-state index is -0.0347. The van der Waals surface area contributed by atoms with Gasteiger partial charge in [-0.05, 0) is 43.3 Å². The van der Waals surface area contributed by atoms with E-state index in [0.29, 0.717) is 16.8 Å². The van der Waals surface area contributed by atoms with Gasteiger partial charge in [0.05, 0.1) is 0 Å². The van der Waals surface area contributed by atoms with E-state index in [4.69, 9.17) is 5.73 Å². The number of aromatic nitrogens is 1. The molecule has 0 amide bonds. The Labute approximate surface area is 93.9 Å². The molecule has 2 rings (SSSR count). The first-order valence-electron chi connectivity index (χ1n) is 5.00. The average Bonchev–Trinajstić information content (AvgIpc) is 2.30. The van der Waals surface area contributed by atoms with Crippen LogP contribution in [-0.2, 0) is 0 Å². The van der Waals surface area contributed by atoms with Gasteiger partial charge in [0.25, 0.3) is 0 Å². The van der Waals surface area contributed by atoms with Crippen LogP contribution in [0.15, 0.2) is 42.6 Å². The van der Waals surface area contributed by atoms with Crippen LogP contribution in [0.25, 0.3) is 0 Å². The molecule has 1 heterocycles. The molecule has 2 aromatic rings. The zero-order valence-corrected chi connectivity index (χ0v) is 8.97. The van der Waals surface area contributed by atoms with Gasteiger partial charge in [0, 0.05) is 28.7 Å². The lowest BCUT2D eigenvalue weighted by Gasteiger charge is -2.01. The van der Waals surface area contributed by atoms with Crippen LogP contribution in [0.2, 0.25) is 0 Å². The largest absolute Gasteiger partial charge is 0.399 e. The Morgan fingerprint density at radius 3 is 2.25 bits per heavy atom. The minimum absolute atomic E-state index is 0.0347. The van der Waals surface area contributed by atoms with Gasteiger partial charge in [-0.1, -0.05) is 0 Å². The number of hydrogen-bond donors (Lipinski definition) is 1. The van der Waals surface area contributed by atoms with E-state index in [0.717, 1.165) is 5.69 Å². The fourth-order valence-corrected chi connectivity index (χ4v) is 1.40. The van der Waals surface area contributed by atoms with Gasteiger partial charge in [0.2, 0.25) is 0 Å². The Balaban J connectivity index is 2.32. The highest BCUT2D eigenvalue weighted by Gasteiger charge is 2.08. The molecule has 3 nitrogen and oxygen atoms in total. The van der Waals surface area contributed by atoms with Crippen molar-refractivity contribution in [1.29, 1.82) is 0 Å². The Morgan fingerprint density at radius 2 is 1.69 bits per heavy atom. The molecule has 0 aliphatic carbocycles. The standard InChI is InChI=1S/C13H12N2O/c1-9-2-3-11(8-15-9)13(16)10-4-6-12(14)7-5-10/h2-8H,14H2,1H3. The van der Waals surface area contributed by atoms with E-state index < -0.39 is 0 Å². The average molecular weight is 212 g/mol. The summed E-state index contributed by atoms with van der Waals surface area (Å²) >= 11 is 0. The van der Waals surface area contributed by atoms with Crippen LogP contribution in [0.4, 0.5) is 5.69 Å². The first-order chi connectivity index (χ1) is 7.66. The van der Waals surface area contributed by atoms with Crippen molar-refractivity contribution in [3.05, 3.63) is 59.4 Å². The van der Waals surface area contributed by atoms with Crippen LogP contribution in [0.3, 0.4) is 0 Å². The predicted octanol–water partition coefficient (Wildman–Crippen LogP) is 2.20. The van der Waals surface area contributed by atoms with Gasteiger partial charge in [-0.2, -0.15) is 0 Å². The number of nitrogens with two attached hydrogens (primary N) is 1. The summed E-state index contributed by atoms with van der Waals surface area (Å²) in [4.78, 5) is 16.1. The van der Waals surface area contributed by atoms with Crippen molar-refractivity contribution in [2.45, 2.75) is 6.92 Å². The summed E-state index contributed by atoms with van der Waals surface area (Å²) in [5, 5.41) is 0. The molecule has 1 aromatic heterocycles. The van der Waals surface area contributed by atoms with Crippen LogP contribution in [0, 0.1) is 6.92 Å². The topological polar surface area (TPSA) is 56.0 Å². The third-order valence-electron chi connectivity index (χ3n) is 2.35. The highest BCUT2D eigenvalue weighted by molar-refractivity contribution is 6.08. The lowest BCUT2D eigenvalue weighted by Crippen LogP contribution is -2.02. The summed E-state index contributed by atoms with van der Waals surface area (Å²) in [5.74, 6) is -0.0347. The highest BCUT2D eigenvalue weighted by atomic mass is 16.1. The molecular weight excluding hydrogens is 200 g/mol. The van der Waals surface area contributed by atoms with Gasteiger partial charge in [0.15, 0.2) is 5.78 Å². The van der Waals surface area contributed by atoms with Crippen LogP contribution < -0.4 is 5.73 Å². The van der Waals surface area contributed by atoms with Gasteiger partial charge in [-0.25, -0.2) is 0 Å². The van der Waals surface area contributed by atoms with Crippen molar-refractivity contribution in [1.82, 2.24) is 4.98 Å². The zero-order valence-electron chi connectivity index (χ0n) is 8.97. The maximum atomic E-state index is 12.0. The number of carbonyl (C=O) groups excluding carboxylic acids is 1. The van der Waals surface area contributed by atoms with Crippen molar-refractivity contribution >= 4 is 11.5 Å². The van der Waals surface area contributed by atoms with E-state index >= 15 is 0 Å². The number of nitrogens with zero attached hydrogens (tertiary/aromatic N) is 1. The van der Waals surface area contributed by atoms with Gasteiger partial charge >= 0.3 is 0 Å². The lowest BCUT2D eigenvalue weighted by molar-refractivity contribution is 0.103. The molecule has 0 aliphatic rings. The summed E-state index contributed by atoms with van der Waals surface area (Å²) in [6, 6.07) is 10.5. The molecule has 0 atom stereocenters. The SMILES string of the molecule is Cc1ccc(C(=O)c2ccc(N)cc2)cn1. The molecule has 1 aromatic carbocycles. The fourth-order valence-electron chi connectivity index (χ4n) is 1.40. The van der Waals surface area contributed by atoms with Crippen molar-refractivity contribution in [3.8, 4) is 0 Å². The quantitative estimate of drug-likeness (QED) is 0.613. The van der Waals surface area contributed by atoms with E-state index in [9.17, 15) is 4.79 Å². The minimum Gasteiger partial charge on any atom is -0.399 e. The molecule has 0 radical (unpaired) electrons. The van der Waals surface area contributed by atoms with E-state index in [1.807, 2.05) is 13.0 Å². The number of aryl methyl sites for hydroxylation is 1. The van der Waals surface area contributed by atoms with Crippen molar-refractivity contribution in [2.75, 3.05) is 5.73 Å². The third kappa shape index (κ3) is 2.08. The van der Waals surface area contributed by atoms with Gasteiger partial charge in [-0.15, -0.1) is 0 Å². The van der Waals surface area contributed by atoms with Crippen molar-refractivity contribution < 1.29 is 4.79 Å². The normalized spacial score (nSPS) is 10.1. The number of pyridine rings is 1. The number of anilines is 1. The van der Waals surface area contributed by atoms with Crippen LogP contribution in [0.1, 0.15) is 21.6 Å². The predicted molar refractivity (Wildman–Crippen MR) is 63.3 cm³/mol. The van der Waals surface area contributed by atoms with Gasteiger partial charge < -0.3 is 5.73 Å². The number of nitrogen functional groups attached to an aromatic ring is 1. The number of benzene rings is 1. The smallest absolute Gasteiger partial charge is 0.194 e. The third-order valence-corrected chi connectivity index (χ3v) is 2.35. The first-order valence-corrected chi connectivity index (χ1v) is 5.00. The number of carbonyl (C=O) groups is 1. The summed E-state index contributed by atoms with van der Waals surface area (Å²) in [6.07, 6.45) is 1.59. The van der Waals surface area contributed by atoms with Gasteiger partial charge in [-0.3, -0.25) is 9.78 Å². The van der Waals surface area contributed by atoms with E-state index in [1.165, 1.54) is 0 Å². The summed E-state index contributed by atoms with van der Waals surface area (Å²) in [5.41, 5.74) is 8.33. The number of ketones is 1. The maximum Gasteiger partial charge on any atom is 0.194 e. The van der Waals surface area contributed by atoms with E-state index in [-0.39, 0.29) is 5.78 Å². The molecule has 0 saturated heterocycles. The Morgan fingerprint density at radius 1 is 1.06 bits per heavy atom. The van der Waals surface area contributed by atoms with Crippen LogP contribution >= 0.6 is 0 Å². The molecule has 0 bridgehead atoms. The molecule has 0 aliphatic heterocycles. The highest BCUT2D eigenvalue weighted by Crippen LogP contribution is 2.11. The Bertz CT molecular complexity index is 453. The molecule has 2 N–H and O–H groups in total. The monoisotopic (exact) mass is 212 g/mol. The lowest BCUT2D eigenvalue weighted by atomic mass is 10.0. The van der Waals surface area contributed by atoms with Crippen molar-refractivity contribution in [3.63, 3.8) is 0 Å². The second-order valence-electron chi connectivity index (χ2n) is 3.64. The maximum absolute atomic E-state index is 12.0. The molecule has 3 heteroatoms. The Kier molecular flexibility index (Phi) is 2.68.